The van der Waals surface area contributed by atoms with Crippen LogP contribution in [-0.2, 0) is 12.1 Å². The van der Waals surface area contributed by atoms with Crippen molar-refractivity contribution >= 4 is 0 Å². The Hall–Kier alpha value is -2.08. The van der Waals surface area contributed by atoms with Gasteiger partial charge in [-0.25, -0.2) is 0 Å². The van der Waals surface area contributed by atoms with E-state index < -0.39 is 0 Å². The minimum Gasteiger partial charge on any atom is -0.493 e. The van der Waals surface area contributed by atoms with Gasteiger partial charge >= 0.3 is 0 Å². The van der Waals surface area contributed by atoms with Crippen LogP contribution in [0.15, 0.2) is 48.5 Å². The number of hydrogen-bond acceptors (Lipinski definition) is 5. The minimum absolute atomic E-state index is 0.144. The SMILES string of the molecule is COc1ccc(CN2CN[C@]3(CC[C@@](c4ccccc4)(N(C)C)CC3)C2)cc1OC. The van der Waals surface area contributed by atoms with Crippen molar-refractivity contribution in [3.63, 3.8) is 0 Å². The molecule has 0 amide bonds. The first-order valence-electron chi connectivity index (χ1n) is 10.9. The fraction of sp³-hybridized carbons (Fsp3) is 0.520. The van der Waals surface area contributed by atoms with Crippen molar-refractivity contribution in [3.05, 3.63) is 59.7 Å². The number of nitrogens with zero attached hydrogens (tertiary/aromatic N) is 2. The zero-order valence-corrected chi connectivity index (χ0v) is 18.8. The van der Waals surface area contributed by atoms with Gasteiger partial charge in [-0.3, -0.25) is 15.1 Å². The topological polar surface area (TPSA) is 37.0 Å². The molecular formula is C25H35N3O2. The Balaban J connectivity index is 1.42. The second-order valence-electron chi connectivity index (χ2n) is 9.08. The summed E-state index contributed by atoms with van der Waals surface area (Å²) in [5.41, 5.74) is 3.08. The van der Waals surface area contributed by atoms with Gasteiger partial charge in [0, 0.05) is 30.8 Å². The first-order valence-corrected chi connectivity index (χ1v) is 10.9. The van der Waals surface area contributed by atoms with E-state index in [1.807, 2.05) is 6.07 Å². The second kappa shape index (κ2) is 8.58. The number of ether oxygens (including phenoxy) is 2. The van der Waals surface area contributed by atoms with Crippen LogP contribution in [0.25, 0.3) is 0 Å². The van der Waals surface area contributed by atoms with Crippen molar-refractivity contribution < 1.29 is 9.47 Å². The lowest BCUT2D eigenvalue weighted by Crippen LogP contribution is -2.53. The molecule has 1 aliphatic carbocycles. The van der Waals surface area contributed by atoms with Gasteiger partial charge in [0.05, 0.1) is 14.2 Å². The van der Waals surface area contributed by atoms with Crippen LogP contribution in [0.5, 0.6) is 11.5 Å². The van der Waals surface area contributed by atoms with Crippen molar-refractivity contribution in [2.75, 3.05) is 41.5 Å². The molecule has 1 spiro atoms. The second-order valence-corrected chi connectivity index (χ2v) is 9.08. The van der Waals surface area contributed by atoms with Gasteiger partial charge in [-0.15, -0.1) is 0 Å². The molecule has 1 aliphatic heterocycles. The largest absolute Gasteiger partial charge is 0.493 e. The molecule has 5 heteroatoms. The van der Waals surface area contributed by atoms with Crippen molar-refractivity contribution in [1.82, 2.24) is 15.1 Å². The summed E-state index contributed by atoms with van der Waals surface area (Å²) in [6.45, 7) is 2.96. The summed E-state index contributed by atoms with van der Waals surface area (Å²) >= 11 is 0. The highest BCUT2D eigenvalue weighted by Gasteiger charge is 2.47. The smallest absolute Gasteiger partial charge is 0.161 e. The van der Waals surface area contributed by atoms with Gasteiger partial charge in [-0.05, 0) is 63.0 Å². The van der Waals surface area contributed by atoms with Gasteiger partial charge in [0.1, 0.15) is 0 Å². The molecule has 2 fully saturated rings. The monoisotopic (exact) mass is 409 g/mol. The Kier molecular flexibility index (Phi) is 6.05. The first kappa shape index (κ1) is 21.2. The highest BCUT2D eigenvalue weighted by atomic mass is 16.5. The lowest BCUT2D eigenvalue weighted by Gasteiger charge is -2.49. The van der Waals surface area contributed by atoms with Crippen LogP contribution in [0.4, 0.5) is 0 Å². The van der Waals surface area contributed by atoms with Crippen molar-refractivity contribution in [2.24, 2.45) is 0 Å². The van der Waals surface area contributed by atoms with E-state index in [9.17, 15) is 0 Å². The van der Waals surface area contributed by atoms with E-state index in [0.717, 1.165) is 31.3 Å². The lowest BCUT2D eigenvalue weighted by molar-refractivity contribution is 0.0616. The third kappa shape index (κ3) is 3.94. The Morgan fingerprint density at radius 1 is 0.933 bits per heavy atom. The molecule has 0 aromatic heterocycles. The van der Waals surface area contributed by atoms with E-state index in [1.165, 1.54) is 36.8 Å². The molecule has 0 unspecified atom stereocenters. The van der Waals surface area contributed by atoms with Crippen molar-refractivity contribution in [2.45, 2.75) is 43.3 Å². The van der Waals surface area contributed by atoms with Crippen molar-refractivity contribution in [3.8, 4) is 11.5 Å². The zero-order valence-electron chi connectivity index (χ0n) is 18.8. The summed E-state index contributed by atoms with van der Waals surface area (Å²) in [6, 6.07) is 17.3. The van der Waals surface area contributed by atoms with Gasteiger partial charge in [-0.1, -0.05) is 36.4 Å². The van der Waals surface area contributed by atoms with E-state index in [2.05, 4.69) is 71.7 Å². The van der Waals surface area contributed by atoms with Crippen LogP contribution >= 0.6 is 0 Å². The fourth-order valence-electron chi connectivity index (χ4n) is 5.39. The molecule has 30 heavy (non-hydrogen) atoms. The Bertz CT molecular complexity index is 845. The van der Waals surface area contributed by atoms with Gasteiger partial charge in [0.2, 0.25) is 0 Å². The van der Waals surface area contributed by atoms with Crippen LogP contribution in [-0.4, -0.2) is 56.9 Å². The molecule has 5 nitrogen and oxygen atoms in total. The molecule has 1 N–H and O–H groups in total. The highest BCUT2D eigenvalue weighted by Crippen LogP contribution is 2.45. The van der Waals surface area contributed by atoms with Crippen molar-refractivity contribution in [1.29, 1.82) is 0 Å². The molecule has 1 saturated carbocycles. The van der Waals surface area contributed by atoms with E-state index in [-0.39, 0.29) is 11.1 Å². The average molecular weight is 410 g/mol. The lowest BCUT2D eigenvalue weighted by atomic mass is 9.69. The zero-order chi connectivity index (χ0) is 21.2. The number of methoxy groups -OCH3 is 2. The molecule has 4 rings (SSSR count). The van der Waals surface area contributed by atoms with E-state index in [4.69, 9.17) is 9.47 Å². The highest BCUT2D eigenvalue weighted by molar-refractivity contribution is 5.42. The van der Waals surface area contributed by atoms with Gasteiger partial charge in [-0.2, -0.15) is 0 Å². The molecule has 162 valence electrons. The number of benzene rings is 2. The summed E-state index contributed by atoms with van der Waals surface area (Å²) < 4.78 is 10.8. The summed E-state index contributed by atoms with van der Waals surface area (Å²) in [4.78, 5) is 4.96. The van der Waals surface area contributed by atoms with E-state index >= 15 is 0 Å². The molecule has 0 bridgehead atoms. The third-order valence-electron chi connectivity index (χ3n) is 7.26. The Morgan fingerprint density at radius 3 is 2.27 bits per heavy atom. The van der Waals surface area contributed by atoms with Crippen LogP contribution in [0.2, 0.25) is 0 Å². The fourth-order valence-corrected chi connectivity index (χ4v) is 5.39. The molecule has 2 aromatic rings. The molecule has 0 atom stereocenters. The maximum Gasteiger partial charge on any atom is 0.161 e. The minimum atomic E-state index is 0.144. The quantitative estimate of drug-likeness (QED) is 0.785. The van der Waals surface area contributed by atoms with Gasteiger partial charge < -0.3 is 9.47 Å². The molecule has 0 radical (unpaired) electrons. The molecule has 1 saturated heterocycles. The molecule has 2 aliphatic rings. The molecule has 1 heterocycles. The normalized spacial score (nSPS) is 27.0. The molecule has 2 aromatic carbocycles. The third-order valence-corrected chi connectivity index (χ3v) is 7.26. The van der Waals surface area contributed by atoms with Crippen LogP contribution in [0.3, 0.4) is 0 Å². The number of nitrogens with one attached hydrogen (secondary N) is 1. The first-order chi connectivity index (χ1) is 14.5. The predicted octanol–water partition coefficient (Wildman–Crippen LogP) is 3.84. The number of rotatable bonds is 6. The Morgan fingerprint density at radius 2 is 1.63 bits per heavy atom. The summed E-state index contributed by atoms with van der Waals surface area (Å²) in [7, 11) is 7.84. The van der Waals surface area contributed by atoms with Gasteiger partial charge in [0.25, 0.3) is 0 Å². The standard InChI is InChI=1S/C25H35N3O2/c1-27(2)25(21-8-6-5-7-9-21)14-12-24(13-15-25)18-28(19-26-24)17-20-10-11-22(29-3)23(16-20)30-4/h5-11,16,26H,12-15,17-19H2,1-4H3/t24-,25+. The van der Waals surface area contributed by atoms with Crippen LogP contribution < -0.4 is 14.8 Å². The Labute approximate surface area is 181 Å². The summed E-state index contributed by atoms with van der Waals surface area (Å²) in [6.07, 6.45) is 4.76. The van der Waals surface area contributed by atoms with Crippen LogP contribution in [0, 0.1) is 0 Å². The molecular weight excluding hydrogens is 374 g/mol. The number of hydrogen-bond donors (Lipinski definition) is 1. The van der Waals surface area contributed by atoms with E-state index in [0.29, 0.717) is 0 Å². The summed E-state index contributed by atoms with van der Waals surface area (Å²) in [5.74, 6) is 1.58. The maximum absolute atomic E-state index is 5.47. The van der Waals surface area contributed by atoms with E-state index in [1.54, 1.807) is 14.2 Å². The summed E-state index contributed by atoms with van der Waals surface area (Å²) in [5, 5.41) is 3.87. The average Bonchev–Trinajstić information content (AvgIpc) is 3.16. The van der Waals surface area contributed by atoms with Gasteiger partial charge in [0.15, 0.2) is 11.5 Å². The van der Waals surface area contributed by atoms with Crippen LogP contribution in [0.1, 0.15) is 36.8 Å². The maximum atomic E-state index is 5.47. The predicted molar refractivity (Wildman–Crippen MR) is 121 cm³/mol.